The second-order valence-electron chi connectivity index (χ2n) is 6.81. The average molecular weight is 490 g/mol. The second kappa shape index (κ2) is 13.2. The van der Waals surface area contributed by atoms with Crippen LogP contribution in [0.1, 0.15) is 37.8 Å². The third-order valence-corrected chi connectivity index (χ3v) is 4.82. The van der Waals surface area contributed by atoms with Gasteiger partial charge in [-0.15, -0.1) is 24.0 Å². The lowest BCUT2D eigenvalue weighted by Crippen LogP contribution is -2.47. The van der Waals surface area contributed by atoms with Gasteiger partial charge in [-0.2, -0.15) is 0 Å². The van der Waals surface area contributed by atoms with Gasteiger partial charge in [0.1, 0.15) is 5.75 Å². The summed E-state index contributed by atoms with van der Waals surface area (Å²) in [6.07, 6.45) is 3.83. The van der Waals surface area contributed by atoms with Crippen molar-refractivity contribution in [3.8, 4) is 5.75 Å². The summed E-state index contributed by atoms with van der Waals surface area (Å²) in [6.45, 7) is 5.74. The van der Waals surface area contributed by atoms with Gasteiger partial charge >= 0.3 is 0 Å². The number of likely N-dealkylation sites (tertiary alicyclic amines) is 1. The first-order chi connectivity index (χ1) is 12.7. The molecule has 2 atom stereocenters. The van der Waals surface area contributed by atoms with Crippen molar-refractivity contribution in [2.24, 2.45) is 4.99 Å². The summed E-state index contributed by atoms with van der Waals surface area (Å²) in [5.41, 5.74) is 1.23. The van der Waals surface area contributed by atoms with E-state index in [-0.39, 0.29) is 36.1 Å². The van der Waals surface area contributed by atoms with Crippen LogP contribution < -0.4 is 15.4 Å². The van der Waals surface area contributed by atoms with Crippen LogP contribution in [0.5, 0.6) is 5.75 Å². The van der Waals surface area contributed by atoms with E-state index in [1.807, 2.05) is 12.1 Å². The largest absolute Gasteiger partial charge is 0.496 e. The van der Waals surface area contributed by atoms with Gasteiger partial charge in [0.15, 0.2) is 5.96 Å². The van der Waals surface area contributed by atoms with Gasteiger partial charge < -0.3 is 20.1 Å². The number of hydrogen-bond donors (Lipinski definition) is 2. The minimum absolute atomic E-state index is 0. The number of guanidine groups is 1. The van der Waals surface area contributed by atoms with Crippen molar-refractivity contribution in [2.75, 3.05) is 47.5 Å². The molecule has 2 rings (SSSR count). The lowest BCUT2D eigenvalue weighted by Gasteiger charge is -2.36. The number of methoxy groups -OCH3 is 2. The Morgan fingerprint density at radius 1 is 1.19 bits per heavy atom. The molecule has 1 aromatic carbocycles. The highest BCUT2D eigenvalue weighted by Crippen LogP contribution is 2.30. The fraction of sp³-hybridized carbons (Fsp3) is 0.650. The molecule has 1 saturated heterocycles. The second-order valence-corrected chi connectivity index (χ2v) is 6.81. The van der Waals surface area contributed by atoms with E-state index >= 15 is 0 Å². The molecule has 0 saturated carbocycles. The molecular formula is C20H35IN4O2. The third kappa shape index (κ3) is 7.46. The number of rotatable bonds is 8. The number of nitrogens with zero attached hydrogens (tertiary/aromatic N) is 2. The molecule has 0 aromatic heterocycles. The first-order valence-corrected chi connectivity index (χ1v) is 9.52. The van der Waals surface area contributed by atoms with E-state index in [1.165, 1.54) is 24.8 Å². The number of aliphatic imine (C=N–C) groups is 1. The molecule has 2 unspecified atom stereocenters. The van der Waals surface area contributed by atoms with E-state index in [0.29, 0.717) is 6.61 Å². The summed E-state index contributed by atoms with van der Waals surface area (Å²) in [6, 6.07) is 8.77. The first-order valence-electron chi connectivity index (χ1n) is 9.52. The van der Waals surface area contributed by atoms with Crippen LogP contribution in [0, 0.1) is 0 Å². The monoisotopic (exact) mass is 490 g/mol. The minimum atomic E-state index is 0. The van der Waals surface area contributed by atoms with Gasteiger partial charge in [0.05, 0.1) is 19.8 Å². The van der Waals surface area contributed by atoms with Gasteiger partial charge in [-0.05, 0) is 38.9 Å². The molecule has 0 spiro atoms. The van der Waals surface area contributed by atoms with E-state index < -0.39 is 0 Å². The highest BCUT2D eigenvalue weighted by Gasteiger charge is 2.25. The maximum absolute atomic E-state index is 5.63. The van der Waals surface area contributed by atoms with Crippen molar-refractivity contribution in [1.29, 1.82) is 0 Å². The summed E-state index contributed by atoms with van der Waals surface area (Å²) in [7, 11) is 5.25. The molecule has 0 radical (unpaired) electrons. The lowest BCUT2D eigenvalue weighted by atomic mass is 10.0. The predicted molar refractivity (Wildman–Crippen MR) is 122 cm³/mol. The molecule has 2 N–H and O–H groups in total. The van der Waals surface area contributed by atoms with Crippen molar-refractivity contribution < 1.29 is 9.47 Å². The van der Waals surface area contributed by atoms with E-state index in [4.69, 9.17) is 9.47 Å². The van der Waals surface area contributed by atoms with E-state index in [1.54, 1.807) is 21.3 Å². The van der Waals surface area contributed by atoms with E-state index in [9.17, 15) is 0 Å². The molecule has 1 aliphatic rings. The first kappa shape index (κ1) is 24.0. The number of nitrogens with one attached hydrogen (secondary N) is 2. The summed E-state index contributed by atoms with van der Waals surface area (Å²) in [4.78, 5) is 6.91. The van der Waals surface area contributed by atoms with Gasteiger partial charge in [-0.3, -0.25) is 9.89 Å². The van der Waals surface area contributed by atoms with Gasteiger partial charge in [0, 0.05) is 32.3 Å². The number of para-hydroxylation sites is 1. The molecule has 1 aromatic rings. The topological polar surface area (TPSA) is 58.1 Å². The van der Waals surface area contributed by atoms with Crippen molar-refractivity contribution in [3.05, 3.63) is 29.8 Å². The van der Waals surface area contributed by atoms with Crippen molar-refractivity contribution >= 4 is 29.9 Å². The molecule has 6 nitrogen and oxygen atoms in total. The van der Waals surface area contributed by atoms with Crippen LogP contribution in [0.2, 0.25) is 0 Å². The predicted octanol–water partition coefficient (Wildman–Crippen LogP) is 3.04. The normalized spacial score (nSPS) is 17.6. The van der Waals surface area contributed by atoms with Crippen molar-refractivity contribution in [3.63, 3.8) is 0 Å². The van der Waals surface area contributed by atoms with Crippen LogP contribution >= 0.6 is 24.0 Å². The van der Waals surface area contributed by atoms with Crippen LogP contribution in [-0.4, -0.2) is 64.4 Å². The van der Waals surface area contributed by atoms with Crippen molar-refractivity contribution in [1.82, 2.24) is 15.5 Å². The Labute approximate surface area is 181 Å². The van der Waals surface area contributed by atoms with Gasteiger partial charge in [0.25, 0.3) is 0 Å². The van der Waals surface area contributed by atoms with E-state index in [0.717, 1.165) is 31.3 Å². The molecule has 1 heterocycles. The Morgan fingerprint density at radius 2 is 1.89 bits per heavy atom. The standard InChI is InChI=1S/C20H34N4O2.HI/c1-16(15-25-3)23-20(21-2)22-14-18(24-12-8-5-9-13-24)17-10-6-7-11-19(17)26-4;/h6-7,10-11,16,18H,5,8-9,12-15H2,1-4H3,(H2,21,22,23);1H. The average Bonchev–Trinajstić information content (AvgIpc) is 2.68. The summed E-state index contributed by atoms with van der Waals surface area (Å²) >= 11 is 0. The van der Waals surface area contributed by atoms with E-state index in [2.05, 4.69) is 39.6 Å². The van der Waals surface area contributed by atoms with Crippen LogP contribution in [0.4, 0.5) is 0 Å². The van der Waals surface area contributed by atoms with Crippen molar-refractivity contribution in [2.45, 2.75) is 38.3 Å². The zero-order valence-corrected chi connectivity index (χ0v) is 19.4. The Bertz CT molecular complexity index is 565. The number of ether oxygens (including phenoxy) is 2. The fourth-order valence-corrected chi connectivity index (χ4v) is 3.52. The van der Waals surface area contributed by atoms with Gasteiger partial charge in [0.2, 0.25) is 0 Å². The molecule has 154 valence electrons. The number of halogens is 1. The molecule has 1 fully saturated rings. The highest BCUT2D eigenvalue weighted by atomic mass is 127. The molecule has 7 heteroatoms. The number of benzene rings is 1. The van der Waals surface area contributed by atoms with Gasteiger partial charge in [-0.1, -0.05) is 24.6 Å². The molecule has 1 aliphatic heterocycles. The maximum atomic E-state index is 5.63. The highest BCUT2D eigenvalue weighted by molar-refractivity contribution is 14.0. The maximum Gasteiger partial charge on any atom is 0.191 e. The van der Waals surface area contributed by atoms with Crippen LogP contribution in [0.15, 0.2) is 29.3 Å². The summed E-state index contributed by atoms with van der Waals surface area (Å²) in [5, 5.41) is 6.86. The Morgan fingerprint density at radius 3 is 2.52 bits per heavy atom. The fourth-order valence-electron chi connectivity index (χ4n) is 3.52. The van der Waals surface area contributed by atoms with Crippen LogP contribution in [0.25, 0.3) is 0 Å². The molecule has 0 aliphatic carbocycles. The zero-order chi connectivity index (χ0) is 18.8. The Balaban J connectivity index is 0.00000364. The molecule has 0 bridgehead atoms. The zero-order valence-electron chi connectivity index (χ0n) is 17.0. The Hall–Kier alpha value is -1.06. The quantitative estimate of drug-likeness (QED) is 0.334. The lowest BCUT2D eigenvalue weighted by molar-refractivity contribution is 0.160. The molecule has 0 amide bonds. The van der Waals surface area contributed by atoms with Crippen LogP contribution in [-0.2, 0) is 4.74 Å². The summed E-state index contributed by atoms with van der Waals surface area (Å²) in [5.74, 6) is 1.74. The smallest absolute Gasteiger partial charge is 0.191 e. The molecule has 27 heavy (non-hydrogen) atoms. The number of hydrogen-bond acceptors (Lipinski definition) is 4. The minimum Gasteiger partial charge on any atom is -0.496 e. The van der Waals surface area contributed by atoms with Gasteiger partial charge in [-0.25, -0.2) is 0 Å². The third-order valence-electron chi connectivity index (χ3n) is 4.82. The number of piperidine rings is 1. The Kier molecular flexibility index (Phi) is 11.7. The SMILES string of the molecule is CN=C(NCC(c1ccccc1OC)N1CCCCC1)NC(C)COC.I. The van der Waals surface area contributed by atoms with Crippen LogP contribution in [0.3, 0.4) is 0 Å². The molecular weight excluding hydrogens is 455 g/mol. The summed E-state index contributed by atoms with van der Waals surface area (Å²) < 4.78 is 10.8.